The topological polar surface area (TPSA) is 45.2 Å². The second-order valence-corrected chi connectivity index (χ2v) is 5.47. The number of rotatable bonds is 4. The van der Waals surface area contributed by atoms with E-state index in [2.05, 4.69) is 10.3 Å². The number of carbonyl (C=O) groups is 1. The van der Waals surface area contributed by atoms with Crippen molar-refractivity contribution in [3.8, 4) is 0 Å². The first-order valence-electron chi connectivity index (χ1n) is 6.19. The van der Waals surface area contributed by atoms with E-state index in [-0.39, 0.29) is 11.8 Å². The summed E-state index contributed by atoms with van der Waals surface area (Å²) in [6.45, 7) is 2.77. The Morgan fingerprint density at radius 1 is 1.40 bits per heavy atom. The molecule has 0 aliphatic rings. The van der Waals surface area contributed by atoms with Crippen molar-refractivity contribution >= 4 is 17.4 Å². The highest BCUT2D eigenvalue weighted by Gasteiger charge is 2.09. The zero-order valence-electron chi connectivity index (χ0n) is 11.4. The van der Waals surface area contributed by atoms with E-state index in [9.17, 15) is 9.18 Å². The molecule has 0 saturated heterocycles. The summed E-state index contributed by atoms with van der Waals surface area (Å²) < 4.78 is 12.8. The van der Waals surface area contributed by atoms with Gasteiger partial charge in [-0.1, -0.05) is 12.1 Å². The molecule has 0 spiro atoms. The van der Waals surface area contributed by atoms with Gasteiger partial charge in [-0.05, 0) is 24.6 Å². The smallest absolute Gasteiger partial charge is 0.317 e. The molecule has 106 valence electrons. The summed E-state index contributed by atoms with van der Waals surface area (Å²) in [4.78, 5) is 17.7. The van der Waals surface area contributed by atoms with Gasteiger partial charge in [-0.2, -0.15) is 0 Å². The second-order valence-electron chi connectivity index (χ2n) is 4.52. The van der Waals surface area contributed by atoms with Crippen molar-refractivity contribution in [1.29, 1.82) is 0 Å². The SMILES string of the molecule is Cc1csc(CNC(=O)N(C)Cc2ccc(F)cc2)n1. The van der Waals surface area contributed by atoms with Gasteiger partial charge < -0.3 is 10.2 Å². The van der Waals surface area contributed by atoms with Crippen molar-refractivity contribution in [2.45, 2.75) is 20.0 Å². The van der Waals surface area contributed by atoms with Gasteiger partial charge in [0.05, 0.1) is 6.54 Å². The molecule has 0 bridgehead atoms. The second kappa shape index (κ2) is 6.47. The minimum atomic E-state index is -0.278. The van der Waals surface area contributed by atoms with Gasteiger partial charge in [0.2, 0.25) is 0 Å². The Hall–Kier alpha value is -1.95. The van der Waals surface area contributed by atoms with Crippen LogP contribution in [0.15, 0.2) is 29.6 Å². The van der Waals surface area contributed by atoms with Crippen molar-refractivity contribution in [1.82, 2.24) is 15.2 Å². The zero-order valence-corrected chi connectivity index (χ0v) is 12.2. The van der Waals surface area contributed by atoms with Crippen molar-refractivity contribution in [2.75, 3.05) is 7.05 Å². The lowest BCUT2D eigenvalue weighted by molar-refractivity contribution is 0.206. The summed E-state index contributed by atoms with van der Waals surface area (Å²) >= 11 is 1.52. The Labute approximate surface area is 121 Å². The number of urea groups is 1. The van der Waals surface area contributed by atoms with E-state index in [1.165, 1.54) is 23.5 Å². The number of carbonyl (C=O) groups excluding carboxylic acids is 1. The number of nitrogens with one attached hydrogen (secondary N) is 1. The zero-order chi connectivity index (χ0) is 14.5. The first-order valence-corrected chi connectivity index (χ1v) is 7.07. The molecule has 0 atom stereocenters. The number of thiazole rings is 1. The number of hydrogen-bond acceptors (Lipinski definition) is 3. The predicted molar refractivity (Wildman–Crippen MR) is 77.0 cm³/mol. The van der Waals surface area contributed by atoms with E-state index >= 15 is 0 Å². The maximum atomic E-state index is 12.8. The van der Waals surface area contributed by atoms with E-state index in [0.717, 1.165) is 16.3 Å². The Morgan fingerprint density at radius 2 is 2.10 bits per heavy atom. The molecule has 4 nitrogen and oxygen atoms in total. The van der Waals surface area contributed by atoms with Crippen LogP contribution < -0.4 is 5.32 Å². The van der Waals surface area contributed by atoms with Crippen LogP contribution in [-0.4, -0.2) is 23.0 Å². The highest BCUT2D eigenvalue weighted by atomic mass is 32.1. The number of nitrogens with zero attached hydrogens (tertiary/aromatic N) is 2. The lowest BCUT2D eigenvalue weighted by Crippen LogP contribution is -2.36. The molecular formula is C14H16FN3OS. The van der Waals surface area contributed by atoms with Crippen molar-refractivity contribution < 1.29 is 9.18 Å². The van der Waals surface area contributed by atoms with Gasteiger partial charge in [0, 0.05) is 24.7 Å². The quantitative estimate of drug-likeness (QED) is 0.942. The van der Waals surface area contributed by atoms with E-state index in [1.54, 1.807) is 24.1 Å². The van der Waals surface area contributed by atoms with Gasteiger partial charge in [0.1, 0.15) is 10.8 Å². The number of aryl methyl sites for hydroxylation is 1. The number of aromatic nitrogens is 1. The highest BCUT2D eigenvalue weighted by Crippen LogP contribution is 2.09. The first kappa shape index (κ1) is 14.5. The Bertz CT molecular complexity index is 582. The number of hydrogen-bond donors (Lipinski definition) is 1. The molecule has 1 aromatic carbocycles. The van der Waals surface area contributed by atoms with Crippen LogP contribution in [0.5, 0.6) is 0 Å². The summed E-state index contributed by atoms with van der Waals surface area (Å²) in [5, 5.41) is 5.63. The molecule has 0 radical (unpaired) electrons. The number of halogens is 1. The average Bonchev–Trinajstić information content (AvgIpc) is 2.84. The summed E-state index contributed by atoms with van der Waals surface area (Å²) in [6.07, 6.45) is 0. The van der Waals surface area contributed by atoms with E-state index in [0.29, 0.717) is 13.1 Å². The summed E-state index contributed by atoms with van der Waals surface area (Å²) in [5.41, 5.74) is 1.84. The fourth-order valence-electron chi connectivity index (χ4n) is 1.71. The van der Waals surface area contributed by atoms with Crippen LogP contribution in [0.2, 0.25) is 0 Å². The van der Waals surface area contributed by atoms with Crippen LogP contribution in [0.3, 0.4) is 0 Å². The molecular weight excluding hydrogens is 277 g/mol. The molecule has 1 aromatic heterocycles. The third-order valence-corrected chi connectivity index (χ3v) is 3.70. The Morgan fingerprint density at radius 3 is 2.70 bits per heavy atom. The summed E-state index contributed by atoms with van der Waals surface area (Å²) in [5.74, 6) is -0.278. The normalized spacial score (nSPS) is 10.3. The van der Waals surface area contributed by atoms with Crippen LogP contribution >= 0.6 is 11.3 Å². The molecule has 0 aliphatic carbocycles. The maximum absolute atomic E-state index is 12.8. The van der Waals surface area contributed by atoms with Crippen molar-refractivity contribution in [3.63, 3.8) is 0 Å². The minimum Gasteiger partial charge on any atom is -0.331 e. The molecule has 6 heteroatoms. The fraction of sp³-hybridized carbons (Fsp3) is 0.286. The van der Waals surface area contributed by atoms with Crippen molar-refractivity contribution in [3.05, 3.63) is 51.7 Å². The van der Waals surface area contributed by atoms with Gasteiger partial charge in [0.25, 0.3) is 0 Å². The first-order chi connectivity index (χ1) is 9.54. The lowest BCUT2D eigenvalue weighted by Gasteiger charge is -2.17. The molecule has 0 unspecified atom stereocenters. The van der Waals surface area contributed by atoms with Gasteiger partial charge in [-0.15, -0.1) is 11.3 Å². The molecule has 2 amide bonds. The number of benzene rings is 1. The van der Waals surface area contributed by atoms with Gasteiger partial charge in [-0.25, -0.2) is 14.2 Å². The number of amides is 2. The monoisotopic (exact) mass is 293 g/mol. The van der Waals surface area contributed by atoms with Crippen LogP contribution in [0.1, 0.15) is 16.3 Å². The van der Waals surface area contributed by atoms with Gasteiger partial charge in [-0.3, -0.25) is 0 Å². The van der Waals surface area contributed by atoms with E-state index < -0.39 is 0 Å². The molecule has 0 saturated carbocycles. The lowest BCUT2D eigenvalue weighted by atomic mass is 10.2. The molecule has 2 rings (SSSR count). The maximum Gasteiger partial charge on any atom is 0.317 e. The van der Waals surface area contributed by atoms with Gasteiger partial charge in [0.15, 0.2) is 0 Å². The predicted octanol–water partition coefficient (Wildman–Crippen LogP) is 2.93. The third-order valence-electron chi connectivity index (χ3n) is 2.74. The highest BCUT2D eigenvalue weighted by molar-refractivity contribution is 7.09. The van der Waals surface area contributed by atoms with Crippen LogP contribution in [0.4, 0.5) is 9.18 Å². The largest absolute Gasteiger partial charge is 0.331 e. The van der Waals surface area contributed by atoms with Crippen molar-refractivity contribution in [2.24, 2.45) is 0 Å². The average molecular weight is 293 g/mol. The standard InChI is InChI=1S/C14H16FN3OS/c1-10-9-20-13(17-10)7-16-14(19)18(2)8-11-3-5-12(15)6-4-11/h3-6,9H,7-8H2,1-2H3,(H,16,19). The van der Waals surface area contributed by atoms with E-state index in [1.807, 2.05) is 12.3 Å². The third kappa shape index (κ3) is 4.03. The van der Waals surface area contributed by atoms with Crippen LogP contribution in [0, 0.1) is 12.7 Å². The van der Waals surface area contributed by atoms with Crippen LogP contribution in [0.25, 0.3) is 0 Å². The molecule has 1 N–H and O–H groups in total. The molecule has 2 aromatic rings. The minimum absolute atomic E-state index is 0.179. The molecule has 0 fully saturated rings. The fourth-order valence-corrected chi connectivity index (χ4v) is 2.42. The Balaban J connectivity index is 1.84. The molecule has 20 heavy (non-hydrogen) atoms. The molecule has 0 aliphatic heterocycles. The molecule has 1 heterocycles. The summed E-state index contributed by atoms with van der Waals surface area (Å²) in [6, 6.07) is 5.94. The summed E-state index contributed by atoms with van der Waals surface area (Å²) in [7, 11) is 1.70. The van der Waals surface area contributed by atoms with E-state index in [4.69, 9.17) is 0 Å². The van der Waals surface area contributed by atoms with Gasteiger partial charge >= 0.3 is 6.03 Å². The van der Waals surface area contributed by atoms with Crippen LogP contribution in [-0.2, 0) is 13.1 Å². The Kier molecular flexibility index (Phi) is 4.68.